The lowest BCUT2D eigenvalue weighted by molar-refractivity contribution is -0.113. The van der Waals surface area contributed by atoms with Crippen molar-refractivity contribution in [2.75, 3.05) is 7.11 Å². The molecule has 7 heteroatoms. The Morgan fingerprint density at radius 3 is 2.21 bits per heavy atom. The number of nitrogens with two attached hydrogens (primary N) is 1. The number of ether oxygens (including phenoxy) is 1. The van der Waals surface area contributed by atoms with Crippen LogP contribution in [0.5, 0.6) is 5.75 Å². The van der Waals surface area contributed by atoms with Crippen molar-refractivity contribution in [2.24, 2.45) is 5.73 Å². The molecule has 0 heterocycles. The van der Waals surface area contributed by atoms with Gasteiger partial charge in [0.2, 0.25) is 0 Å². The molecule has 2 rings (SSSR count). The van der Waals surface area contributed by atoms with Gasteiger partial charge in [0.25, 0.3) is 5.91 Å². The van der Waals surface area contributed by atoms with Gasteiger partial charge in [0, 0.05) is 0 Å². The normalized spacial score (nSPS) is 12.0. The van der Waals surface area contributed by atoms with Crippen molar-refractivity contribution in [3.63, 3.8) is 0 Å². The Labute approximate surface area is 139 Å². The summed E-state index contributed by atoms with van der Waals surface area (Å²) < 4.78 is 42.9. The number of halogens is 1. The zero-order valence-electron chi connectivity index (χ0n) is 12.9. The van der Waals surface area contributed by atoms with Crippen LogP contribution in [0.25, 0.3) is 6.08 Å². The van der Waals surface area contributed by atoms with Crippen LogP contribution in [0.3, 0.4) is 0 Å². The van der Waals surface area contributed by atoms with Crippen molar-refractivity contribution in [3.05, 3.63) is 70.4 Å². The molecule has 5 nitrogen and oxygen atoms in total. The Balaban J connectivity index is 2.34. The molecule has 1 amide bonds. The summed E-state index contributed by atoms with van der Waals surface area (Å²) in [4.78, 5) is 11.1. The summed E-state index contributed by atoms with van der Waals surface area (Å²) in [5, 5.41) is 0. The third-order valence-corrected chi connectivity index (χ3v) is 4.96. The number of sulfone groups is 1. The molecule has 0 radical (unpaired) electrons. The van der Waals surface area contributed by atoms with Crippen molar-refractivity contribution in [3.8, 4) is 5.75 Å². The van der Waals surface area contributed by atoms with Crippen LogP contribution in [0.4, 0.5) is 4.39 Å². The van der Waals surface area contributed by atoms with E-state index in [-0.39, 0.29) is 5.75 Å². The monoisotopic (exact) mass is 349 g/mol. The smallest absolute Gasteiger partial charge is 0.260 e. The van der Waals surface area contributed by atoms with E-state index in [0.717, 1.165) is 6.08 Å². The Morgan fingerprint density at radius 1 is 1.12 bits per heavy atom. The molecule has 2 aromatic carbocycles. The molecule has 0 bridgehead atoms. The van der Waals surface area contributed by atoms with Crippen LogP contribution < -0.4 is 10.5 Å². The van der Waals surface area contributed by atoms with Gasteiger partial charge in [0.05, 0.1) is 12.9 Å². The van der Waals surface area contributed by atoms with E-state index in [9.17, 15) is 17.6 Å². The van der Waals surface area contributed by atoms with Gasteiger partial charge in [-0.05, 0) is 41.5 Å². The lowest BCUT2D eigenvalue weighted by Gasteiger charge is -2.07. The van der Waals surface area contributed by atoms with E-state index in [2.05, 4.69) is 0 Å². The van der Waals surface area contributed by atoms with Crippen molar-refractivity contribution in [1.82, 2.24) is 0 Å². The number of rotatable bonds is 6. The highest BCUT2D eigenvalue weighted by molar-refractivity contribution is 7.95. The quantitative estimate of drug-likeness (QED) is 0.811. The van der Waals surface area contributed by atoms with Gasteiger partial charge in [-0.3, -0.25) is 4.79 Å². The third kappa shape index (κ3) is 4.42. The number of primary amides is 1. The van der Waals surface area contributed by atoms with E-state index in [4.69, 9.17) is 10.5 Å². The van der Waals surface area contributed by atoms with Crippen LogP contribution in [0.2, 0.25) is 0 Å². The molecule has 2 N–H and O–H groups in total. The van der Waals surface area contributed by atoms with Crippen molar-refractivity contribution in [2.45, 2.75) is 5.75 Å². The van der Waals surface area contributed by atoms with Gasteiger partial charge in [-0.25, -0.2) is 12.8 Å². The van der Waals surface area contributed by atoms with Gasteiger partial charge in [0.1, 0.15) is 16.5 Å². The summed E-state index contributed by atoms with van der Waals surface area (Å²) in [5.41, 5.74) is 6.07. The standard InChI is InChI=1S/C17H16FNO4S/c1-23-15-8-4-13(5-9-15)11-24(21,22)16(17(19)20)10-12-2-6-14(18)7-3-12/h2-10H,11H2,1H3,(H2,19,20)/b16-10-. The number of hydrogen-bond donors (Lipinski definition) is 1. The van der Waals surface area contributed by atoms with Crippen molar-refractivity contribution in [1.29, 1.82) is 0 Å². The first-order chi connectivity index (χ1) is 11.3. The molecule has 0 unspecified atom stereocenters. The summed E-state index contributed by atoms with van der Waals surface area (Å²) in [6, 6.07) is 11.5. The predicted molar refractivity (Wildman–Crippen MR) is 89.2 cm³/mol. The molecule has 0 spiro atoms. The lowest BCUT2D eigenvalue weighted by Crippen LogP contribution is -2.22. The molecule has 24 heavy (non-hydrogen) atoms. The molecule has 0 fully saturated rings. The number of amides is 1. The average Bonchev–Trinajstić information content (AvgIpc) is 2.54. The minimum Gasteiger partial charge on any atom is -0.497 e. The molecular weight excluding hydrogens is 333 g/mol. The highest BCUT2D eigenvalue weighted by atomic mass is 32.2. The van der Waals surface area contributed by atoms with Crippen LogP contribution in [0.1, 0.15) is 11.1 Å². The second-order valence-corrected chi connectivity index (χ2v) is 6.99. The van der Waals surface area contributed by atoms with Crippen molar-refractivity contribution < 1.29 is 22.3 Å². The largest absolute Gasteiger partial charge is 0.497 e. The van der Waals surface area contributed by atoms with Crippen LogP contribution in [-0.2, 0) is 20.4 Å². The van der Waals surface area contributed by atoms with Crippen LogP contribution in [0, 0.1) is 5.82 Å². The van der Waals surface area contributed by atoms with Crippen LogP contribution >= 0.6 is 0 Å². The topological polar surface area (TPSA) is 86.5 Å². The molecule has 2 aromatic rings. The van der Waals surface area contributed by atoms with Gasteiger partial charge in [0.15, 0.2) is 9.84 Å². The second kappa shape index (κ2) is 7.27. The first kappa shape index (κ1) is 17.7. The fraction of sp³-hybridized carbons (Fsp3) is 0.118. The summed E-state index contributed by atoms with van der Waals surface area (Å²) in [6.45, 7) is 0. The first-order valence-corrected chi connectivity index (χ1v) is 8.60. The average molecular weight is 349 g/mol. The Kier molecular flexibility index (Phi) is 5.35. The summed E-state index contributed by atoms with van der Waals surface area (Å²) >= 11 is 0. The Morgan fingerprint density at radius 2 is 1.71 bits per heavy atom. The molecular formula is C17H16FNO4S. The minimum absolute atomic E-state index is 0.364. The fourth-order valence-electron chi connectivity index (χ4n) is 2.04. The Hall–Kier alpha value is -2.67. The number of benzene rings is 2. The molecule has 0 aliphatic heterocycles. The van der Waals surface area contributed by atoms with E-state index < -0.39 is 26.5 Å². The van der Waals surface area contributed by atoms with Gasteiger partial charge in [-0.15, -0.1) is 0 Å². The highest BCUT2D eigenvalue weighted by Crippen LogP contribution is 2.20. The van der Waals surface area contributed by atoms with E-state index in [1.165, 1.54) is 31.4 Å². The predicted octanol–water partition coefficient (Wildman–Crippen LogP) is 2.28. The minimum atomic E-state index is -3.95. The number of carbonyl (C=O) groups excluding carboxylic acids is 1. The fourth-order valence-corrected chi connectivity index (χ4v) is 3.45. The summed E-state index contributed by atoms with van der Waals surface area (Å²) in [5.74, 6) is -1.32. The van der Waals surface area contributed by atoms with Crippen LogP contribution in [-0.4, -0.2) is 21.4 Å². The van der Waals surface area contributed by atoms with Crippen LogP contribution in [0.15, 0.2) is 53.4 Å². The summed E-state index contributed by atoms with van der Waals surface area (Å²) in [7, 11) is -2.45. The van der Waals surface area contributed by atoms with E-state index >= 15 is 0 Å². The number of carbonyl (C=O) groups is 1. The summed E-state index contributed by atoms with van der Waals surface area (Å²) in [6.07, 6.45) is 1.14. The SMILES string of the molecule is COc1ccc(CS(=O)(=O)/C(=C\c2ccc(F)cc2)C(N)=O)cc1. The highest BCUT2D eigenvalue weighted by Gasteiger charge is 2.23. The van der Waals surface area contributed by atoms with E-state index in [1.54, 1.807) is 24.3 Å². The van der Waals surface area contributed by atoms with Gasteiger partial charge < -0.3 is 10.5 Å². The molecule has 0 aliphatic carbocycles. The second-order valence-electron chi connectivity index (χ2n) is 5.03. The number of methoxy groups -OCH3 is 1. The molecule has 0 aliphatic rings. The zero-order valence-corrected chi connectivity index (χ0v) is 13.7. The van der Waals surface area contributed by atoms with Gasteiger partial charge >= 0.3 is 0 Å². The molecule has 0 saturated carbocycles. The maximum absolute atomic E-state index is 12.9. The zero-order chi connectivity index (χ0) is 17.7. The maximum Gasteiger partial charge on any atom is 0.260 e. The van der Waals surface area contributed by atoms with Gasteiger partial charge in [-0.1, -0.05) is 24.3 Å². The molecule has 0 saturated heterocycles. The maximum atomic E-state index is 12.9. The van der Waals surface area contributed by atoms with Crippen molar-refractivity contribution >= 4 is 21.8 Å². The first-order valence-electron chi connectivity index (χ1n) is 6.94. The lowest BCUT2D eigenvalue weighted by atomic mass is 10.2. The Bertz CT molecular complexity index is 856. The molecule has 0 atom stereocenters. The molecule has 126 valence electrons. The third-order valence-electron chi connectivity index (χ3n) is 3.26. The molecule has 0 aromatic heterocycles. The van der Waals surface area contributed by atoms with Gasteiger partial charge in [-0.2, -0.15) is 0 Å². The number of hydrogen-bond acceptors (Lipinski definition) is 4. The van der Waals surface area contributed by atoms with E-state index in [0.29, 0.717) is 16.9 Å². The van der Waals surface area contributed by atoms with E-state index in [1.807, 2.05) is 0 Å².